The van der Waals surface area contributed by atoms with Crippen LogP contribution in [0, 0.1) is 6.92 Å². The van der Waals surface area contributed by atoms with Crippen molar-refractivity contribution in [3.05, 3.63) is 64.6 Å². The molecule has 3 rings (SSSR count). The van der Waals surface area contributed by atoms with Gasteiger partial charge in [-0.25, -0.2) is 9.48 Å². The number of rotatable bonds is 6. The second kappa shape index (κ2) is 7.83. The number of carbonyl (C=O) groups excluding carboxylic acids is 2. The number of nitrogens with zero attached hydrogens (tertiary/aromatic N) is 3. The van der Waals surface area contributed by atoms with Gasteiger partial charge in [-0.3, -0.25) is 4.79 Å². The van der Waals surface area contributed by atoms with E-state index in [0.29, 0.717) is 12.2 Å². The molecule has 1 N–H and O–H groups in total. The molecule has 0 spiro atoms. The van der Waals surface area contributed by atoms with Crippen molar-refractivity contribution >= 4 is 29.3 Å². The summed E-state index contributed by atoms with van der Waals surface area (Å²) in [7, 11) is 0. The molecular weight excluding hydrogens is 360 g/mol. The molecule has 1 aromatic carbocycles. The highest BCUT2D eigenvalue weighted by Crippen LogP contribution is 2.22. The normalized spacial score (nSPS) is 10.5. The molecule has 0 aliphatic carbocycles. The molecule has 8 nitrogen and oxygen atoms in total. The van der Waals surface area contributed by atoms with E-state index in [0.717, 1.165) is 5.56 Å². The maximum Gasteiger partial charge on any atom is 0.343 e. The molecule has 0 aliphatic heterocycles. The summed E-state index contributed by atoms with van der Waals surface area (Å²) < 4.78 is 11.1. The molecule has 0 atom stereocenters. The predicted molar refractivity (Wildman–Crippen MR) is 92.9 cm³/mol. The van der Waals surface area contributed by atoms with Crippen molar-refractivity contribution in [2.75, 3.05) is 11.9 Å². The lowest BCUT2D eigenvalue weighted by molar-refractivity contribution is -0.119. The molecule has 0 saturated heterocycles. The third-order valence-corrected chi connectivity index (χ3v) is 3.87. The standard InChI is InChI=1S/C17H15ClN4O4/c1-11-15(16(18)22(20-11)9-12-5-3-2-4-6-12)17(24)25-10-14(23)19-13-7-8-26-21-13/h2-8H,9-10H2,1H3,(H,19,21,23). The first-order valence-corrected chi connectivity index (χ1v) is 8.06. The molecule has 2 aromatic heterocycles. The van der Waals surface area contributed by atoms with Crippen LogP contribution in [0.15, 0.2) is 47.2 Å². The van der Waals surface area contributed by atoms with E-state index in [4.69, 9.17) is 16.3 Å². The summed E-state index contributed by atoms with van der Waals surface area (Å²) in [5, 5.41) is 10.4. The Morgan fingerprint density at radius 1 is 1.27 bits per heavy atom. The van der Waals surface area contributed by atoms with Crippen molar-refractivity contribution in [3.8, 4) is 0 Å². The minimum Gasteiger partial charge on any atom is -0.452 e. The zero-order valence-electron chi connectivity index (χ0n) is 13.8. The number of halogens is 1. The molecule has 0 aliphatic rings. The van der Waals surface area contributed by atoms with Gasteiger partial charge >= 0.3 is 5.97 Å². The number of ether oxygens (including phenoxy) is 1. The highest BCUT2D eigenvalue weighted by atomic mass is 35.5. The van der Waals surface area contributed by atoms with Crippen molar-refractivity contribution < 1.29 is 18.8 Å². The minimum absolute atomic E-state index is 0.136. The Morgan fingerprint density at radius 2 is 2.04 bits per heavy atom. The fourth-order valence-corrected chi connectivity index (χ4v) is 2.62. The lowest BCUT2D eigenvalue weighted by Gasteiger charge is -2.05. The Morgan fingerprint density at radius 3 is 2.73 bits per heavy atom. The van der Waals surface area contributed by atoms with E-state index in [1.807, 2.05) is 30.3 Å². The molecule has 1 amide bonds. The molecular formula is C17H15ClN4O4. The number of anilines is 1. The summed E-state index contributed by atoms with van der Waals surface area (Å²) in [4.78, 5) is 24.0. The number of hydrogen-bond donors (Lipinski definition) is 1. The van der Waals surface area contributed by atoms with Crippen LogP contribution in [0.1, 0.15) is 21.6 Å². The second-order valence-electron chi connectivity index (χ2n) is 5.40. The second-order valence-corrected chi connectivity index (χ2v) is 5.76. The van der Waals surface area contributed by atoms with E-state index in [9.17, 15) is 9.59 Å². The van der Waals surface area contributed by atoms with Gasteiger partial charge in [-0.15, -0.1) is 0 Å². The number of nitrogens with one attached hydrogen (secondary N) is 1. The van der Waals surface area contributed by atoms with Gasteiger partial charge in [-0.05, 0) is 12.5 Å². The van der Waals surface area contributed by atoms with Gasteiger partial charge in [0.2, 0.25) is 0 Å². The van der Waals surface area contributed by atoms with Crippen LogP contribution in [0.5, 0.6) is 0 Å². The number of esters is 1. The molecule has 3 aromatic rings. The molecule has 9 heteroatoms. The molecule has 0 unspecified atom stereocenters. The van der Waals surface area contributed by atoms with Crippen molar-refractivity contribution in [1.29, 1.82) is 0 Å². The molecule has 0 fully saturated rings. The fraction of sp³-hybridized carbons (Fsp3) is 0.176. The SMILES string of the molecule is Cc1nn(Cc2ccccc2)c(Cl)c1C(=O)OCC(=O)Nc1ccon1. The highest BCUT2D eigenvalue weighted by Gasteiger charge is 2.22. The van der Waals surface area contributed by atoms with Gasteiger partial charge in [0.1, 0.15) is 17.0 Å². The Hall–Kier alpha value is -3.13. The van der Waals surface area contributed by atoms with Crippen molar-refractivity contribution in [2.45, 2.75) is 13.5 Å². The smallest absolute Gasteiger partial charge is 0.343 e. The Balaban J connectivity index is 1.64. The van der Waals surface area contributed by atoms with Crippen LogP contribution in [0.3, 0.4) is 0 Å². The van der Waals surface area contributed by atoms with Crippen LogP contribution < -0.4 is 5.32 Å². The topological polar surface area (TPSA) is 99.2 Å². The molecule has 134 valence electrons. The number of carbonyl (C=O) groups is 2. The van der Waals surface area contributed by atoms with E-state index >= 15 is 0 Å². The molecule has 0 radical (unpaired) electrons. The lowest BCUT2D eigenvalue weighted by atomic mass is 10.2. The van der Waals surface area contributed by atoms with Gasteiger partial charge in [0.25, 0.3) is 5.91 Å². The van der Waals surface area contributed by atoms with Gasteiger partial charge in [0, 0.05) is 6.07 Å². The average Bonchev–Trinajstić information content (AvgIpc) is 3.22. The summed E-state index contributed by atoms with van der Waals surface area (Å²) >= 11 is 6.28. The van der Waals surface area contributed by atoms with Gasteiger partial charge in [0.15, 0.2) is 12.4 Å². The van der Waals surface area contributed by atoms with Crippen LogP contribution in [0.2, 0.25) is 5.15 Å². The van der Waals surface area contributed by atoms with Crippen LogP contribution in [-0.2, 0) is 16.1 Å². The maximum absolute atomic E-state index is 12.3. The summed E-state index contributed by atoms with van der Waals surface area (Å²) in [6, 6.07) is 11.0. The Bertz CT molecular complexity index is 907. The zero-order chi connectivity index (χ0) is 18.5. The molecule has 26 heavy (non-hydrogen) atoms. The van der Waals surface area contributed by atoms with Crippen molar-refractivity contribution in [2.24, 2.45) is 0 Å². The summed E-state index contributed by atoms with van der Waals surface area (Å²) in [5.41, 5.74) is 1.55. The van der Waals surface area contributed by atoms with Gasteiger partial charge in [-0.1, -0.05) is 47.1 Å². The average molecular weight is 375 g/mol. The van der Waals surface area contributed by atoms with Gasteiger partial charge < -0.3 is 14.6 Å². The first kappa shape index (κ1) is 17.7. The molecule has 0 saturated carbocycles. The summed E-state index contributed by atoms with van der Waals surface area (Å²) in [6.07, 6.45) is 1.31. The maximum atomic E-state index is 12.3. The fourth-order valence-electron chi connectivity index (χ4n) is 2.31. The summed E-state index contributed by atoms with van der Waals surface area (Å²) in [5.74, 6) is -1.03. The monoisotopic (exact) mass is 374 g/mol. The largest absolute Gasteiger partial charge is 0.452 e. The number of amides is 1. The van der Waals surface area contributed by atoms with Crippen LogP contribution >= 0.6 is 11.6 Å². The molecule has 0 bridgehead atoms. The van der Waals surface area contributed by atoms with Crippen LogP contribution in [0.25, 0.3) is 0 Å². The number of aryl methyl sites for hydroxylation is 1. The van der Waals surface area contributed by atoms with Crippen LogP contribution in [0.4, 0.5) is 5.82 Å². The quantitative estimate of drug-likeness (QED) is 0.666. The zero-order valence-corrected chi connectivity index (χ0v) is 14.6. The first-order chi connectivity index (χ1) is 12.5. The van der Waals surface area contributed by atoms with Gasteiger partial charge in [0.05, 0.1) is 12.2 Å². The van der Waals surface area contributed by atoms with Crippen molar-refractivity contribution in [3.63, 3.8) is 0 Å². The molecule has 2 heterocycles. The third kappa shape index (κ3) is 4.09. The lowest BCUT2D eigenvalue weighted by Crippen LogP contribution is -2.21. The van der Waals surface area contributed by atoms with E-state index in [-0.39, 0.29) is 16.5 Å². The van der Waals surface area contributed by atoms with E-state index in [1.54, 1.807) is 6.92 Å². The van der Waals surface area contributed by atoms with E-state index in [2.05, 4.69) is 20.1 Å². The van der Waals surface area contributed by atoms with Gasteiger partial charge in [-0.2, -0.15) is 5.10 Å². The Labute approximate surface area is 153 Å². The number of benzene rings is 1. The third-order valence-electron chi connectivity index (χ3n) is 3.48. The minimum atomic E-state index is -0.720. The number of hydrogen-bond acceptors (Lipinski definition) is 6. The predicted octanol–water partition coefficient (Wildman–Crippen LogP) is 2.68. The Kier molecular flexibility index (Phi) is 5.33. The number of aromatic nitrogens is 3. The highest BCUT2D eigenvalue weighted by molar-refractivity contribution is 6.32. The first-order valence-electron chi connectivity index (χ1n) is 7.69. The van der Waals surface area contributed by atoms with Crippen molar-refractivity contribution in [1.82, 2.24) is 14.9 Å². The van der Waals surface area contributed by atoms with E-state index < -0.39 is 18.5 Å². The van der Waals surface area contributed by atoms with E-state index in [1.165, 1.54) is 17.0 Å². The van der Waals surface area contributed by atoms with Crippen LogP contribution in [-0.4, -0.2) is 33.4 Å². The summed E-state index contributed by atoms with van der Waals surface area (Å²) in [6.45, 7) is 1.59.